The molecule has 0 saturated carbocycles. The lowest BCUT2D eigenvalue weighted by Gasteiger charge is -2.09. The van der Waals surface area contributed by atoms with Crippen LogP contribution in [0, 0.1) is 0 Å². The molecule has 0 amide bonds. The molecular weight excluding hydrogens is 406 g/mol. The Morgan fingerprint density at radius 1 is 1.24 bits per heavy atom. The van der Waals surface area contributed by atoms with Gasteiger partial charge in [0.15, 0.2) is 11.2 Å². The highest BCUT2D eigenvalue weighted by Gasteiger charge is 2.22. The van der Waals surface area contributed by atoms with Gasteiger partial charge >= 0.3 is 11.7 Å². The van der Waals surface area contributed by atoms with Crippen LogP contribution in [-0.4, -0.2) is 51.5 Å². The number of fused-ring (bicyclic) bond motifs is 1. The highest BCUT2D eigenvalue weighted by Crippen LogP contribution is 2.17. The van der Waals surface area contributed by atoms with Gasteiger partial charge in [0.1, 0.15) is 18.9 Å². The lowest BCUT2D eigenvalue weighted by atomic mass is 10.4. The van der Waals surface area contributed by atoms with Gasteiger partial charge in [-0.05, 0) is 12.1 Å². The second kappa shape index (κ2) is 7.33. The maximum Gasteiger partial charge on any atom is 0.333 e. The zero-order valence-corrected chi connectivity index (χ0v) is 17.0. The van der Waals surface area contributed by atoms with E-state index in [0.717, 1.165) is 13.4 Å². The number of hydrogen-bond acceptors (Lipinski definition) is 8. The number of rotatable bonds is 6. The molecule has 29 heavy (non-hydrogen) atoms. The highest BCUT2D eigenvalue weighted by atomic mass is 32.2. The summed E-state index contributed by atoms with van der Waals surface area (Å²) in [6, 6.07) is 2.60. The fourth-order valence-electron chi connectivity index (χ4n) is 2.62. The van der Waals surface area contributed by atoms with Crippen LogP contribution in [0.1, 0.15) is 5.76 Å². The number of ether oxygens (including phenoxy) is 1. The average molecular weight is 425 g/mol. The molecule has 0 fully saturated rings. The molecule has 0 atom stereocenters. The zero-order valence-electron chi connectivity index (χ0n) is 16.1. The molecule has 156 valence electrons. The van der Waals surface area contributed by atoms with Crippen molar-refractivity contribution in [2.45, 2.75) is 18.2 Å². The van der Waals surface area contributed by atoms with Crippen LogP contribution >= 0.6 is 0 Å². The monoisotopic (exact) mass is 425 g/mol. The van der Waals surface area contributed by atoms with Crippen LogP contribution in [0.25, 0.3) is 11.2 Å². The second-order valence-corrected chi connectivity index (χ2v) is 8.51. The fourth-order valence-corrected chi connectivity index (χ4v) is 3.43. The van der Waals surface area contributed by atoms with Crippen LogP contribution < -0.4 is 11.2 Å². The largest absolute Gasteiger partial charge is 0.456 e. The SMILES string of the molecule is CN(C)S(=O)(=O)c1ccc(COC(=O)Cn2c(=O)c3c(ncn3C)n(C)c2=O)o1. The molecule has 3 heterocycles. The zero-order chi connectivity index (χ0) is 21.5. The van der Waals surface area contributed by atoms with E-state index in [4.69, 9.17) is 9.15 Å². The number of sulfonamides is 1. The molecule has 13 heteroatoms. The first-order valence-corrected chi connectivity index (χ1v) is 9.75. The lowest BCUT2D eigenvalue weighted by Crippen LogP contribution is -2.41. The quantitative estimate of drug-likeness (QED) is 0.459. The molecule has 0 spiro atoms. The predicted molar refractivity (Wildman–Crippen MR) is 99.6 cm³/mol. The van der Waals surface area contributed by atoms with Gasteiger partial charge in [-0.3, -0.25) is 14.2 Å². The summed E-state index contributed by atoms with van der Waals surface area (Å²) in [6.07, 6.45) is 1.39. The summed E-state index contributed by atoms with van der Waals surface area (Å²) >= 11 is 0. The molecular formula is C16H19N5O7S. The third-order valence-electron chi connectivity index (χ3n) is 4.24. The van der Waals surface area contributed by atoms with Crippen LogP contribution in [0.5, 0.6) is 0 Å². The summed E-state index contributed by atoms with van der Waals surface area (Å²) < 4.78 is 38.5. The summed E-state index contributed by atoms with van der Waals surface area (Å²) in [5, 5.41) is -0.291. The van der Waals surface area contributed by atoms with Crippen molar-refractivity contribution in [1.82, 2.24) is 23.0 Å². The van der Waals surface area contributed by atoms with Crippen LogP contribution in [0.4, 0.5) is 0 Å². The van der Waals surface area contributed by atoms with Gasteiger partial charge in [-0.2, -0.15) is 0 Å². The first kappa shape index (κ1) is 20.5. The number of aryl methyl sites for hydroxylation is 2. The maximum absolute atomic E-state index is 12.6. The molecule has 0 aliphatic carbocycles. The number of nitrogens with zero attached hydrogens (tertiary/aromatic N) is 5. The molecule has 0 aromatic carbocycles. The van der Waals surface area contributed by atoms with E-state index in [0.29, 0.717) is 0 Å². The number of carbonyl (C=O) groups excluding carboxylic acids is 1. The smallest absolute Gasteiger partial charge is 0.333 e. The molecule has 3 aromatic heterocycles. The van der Waals surface area contributed by atoms with Crippen molar-refractivity contribution in [3.8, 4) is 0 Å². The van der Waals surface area contributed by atoms with E-state index in [2.05, 4.69) is 4.98 Å². The number of aromatic nitrogens is 4. The predicted octanol–water partition coefficient (Wildman–Crippen LogP) is -0.980. The van der Waals surface area contributed by atoms with E-state index in [1.54, 1.807) is 7.05 Å². The van der Waals surface area contributed by atoms with Gasteiger partial charge in [0.25, 0.3) is 15.6 Å². The van der Waals surface area contributed by atoms with Crippen molar-refractivity contribution in [1.29, 1.82) is 0 Å². The van der Waals surface area contributed by atoms with Crippen molar-refractivity contribution < 1.29 is 22.4 Å². The Morgan fingerprint density at radius 3 is 2.59 bits per heavy atom. The molecule has 0 N–H and O–H groups in total. The molecule has 3 rings (SSSR count). The van der Waals surface area contributed by atoms with Crippen molar-refractivity contribution in [2.75, 3.05) is 14.1 Å². The van der Waals surface area contributed by atoms with Gasteiger partial charge in [0, 0.05) is 28.2 Å². The number of carbonyl (C=O) groups is 1. The lowest BCUT2D eigenvalue weighted by molar-refractivity contribution is -0.146. The van der Waals surface area contributed by atoms with Gasteiger partial charge in [0.05, 0.1) is 6.33 Å². The first-order valence-electron chi connectivity index (χ1n) is 8.31. The summed E-state index contributed by atoms with van der Waals surface area (Å²) in [5.74, 6) is -0.764. The minimum absolute atomic E-state index is 0.0983. The second-order valence-electron chi connectivity index (χ2n) is 6.43. The summed E-state index contributed by atoms with van der Waals surface area (Å²) in [6.45, 7) is -0.971. The van der Waals surface area contributed by atoms with Crippen molar-refractivity contribution >= 4 is 27.2 Å². The Hall–Kier alpha value is -3.19. The summed E-state index contributed by atoms with van der Waals surface area (Å²) in [7, 11) is 2.00. The maximum atomic E-state index is 12.6. The van der Waals surface area contributed by atoms with E-state index in [1.165, 1.54) is 44.2 Å². The Kier molecular flexibility index (Phi) is 5.19. The number of hydrogen-bond donors (Lipinski definition) is 0. The minimum atomic E-state index is -3.75. The van der Waals surface area contributed by atoms with E-state index in [-0.39, 0.29) is 28.6 Å². The van der Waals surface area contributed by atoms with Gasteiger partial charge in [0.2, 0.25) is 5.09 Å². The molecule has 0 radical (unpaired) electrons. The first-order chi connectivity index (χ1) is 13.5. The standard InChI is InChI=1S/C16H19N5O7S/c1-18(2)29(25,26)12-6-5-10(28-12)8-27-11(22)7-21-15(23)13-14(17-9-19(13)3)20(4)16(21)24/h5-6,9H,7-8H2,1-4H3. The van der Waals surface area contributed by atoms with E-state index < -0.39 is 33.8 Å². The van der Waals surface area contributed by atoms with Crippen LogP contribution in [0.3, 0.4) is 0 Å². The third kappa shape index (κ3) is 3.61. The van der Waals surface area contributed by atoms with Gasteiger partial charge in [-0.1, -0.05) is 0 Å². The van der Waals surface area contributed by atoms with Crippen molar-refractivity contribution in [3.05, 3.63) is 45.1 Å². The van der Waals surface area contributed by atoms with Crippen LogP contribution in [0.2, 0.25) is 0 Å². The molecule has 12 nitrogen and oxygen atoms in total. The average Bonchev–Trinajstić information content (AvgIpc) is 3.29. The van der Waals surface area contributed by atoms with Gasteiger partial charge in [-0.15, -0.1) is 0 Å². The van der Waals surface area contributed by atoms with Gasteiger partial charge in [-0.25, -0.2) is 27.1 Å². The number of furan rings is 1. The van der Waals surface area contributed by atoms with E-state index in [1.807, 2.05) is 0 Å². The van der Waals surface area contributed by atoms with Crippen LogP contribution in [0.15, 0.2) is 37.6 Å². The molecule has 0 saturated heterocycles. The topological polar surface area (TPSA) is 139 Å². The Bertz CT molecular complexity index is 1310. The minimum Gasteiger partial charge on any atom is -0.456 e. The third-order valence-corrected chi connectivity index (χ3v) is 5.92. The Labute approximate surface area is 164 Å². The fraction of sp³-hybridized carbons (Fsp3) is 0.375. The van der Waals surface area contributed by atoms with E-state index in [9.17, 15) is 22.8 Å². The molecule has 0 aliphatic rings. The molecule has 0 unspecified atom stereocenters. The van der Waals surface area contributed by atoms with Crippen molar-refractivity contribution in [3.63, 3.8) is 0 Å². The normalized spacial score (nSPS) is 12.0. The van der Waals surface area contributed by atoms with Crippen LogP contribution in [-0.2, 0) is 46.8 Å². The number of imidazole rings is 1. The number of esters is 1. The van der Waals surface area contributed by atoms with Gasteiger partial charge < -0.3 is 13.7 Å². The molecule has 0 aliphatic heterocycles. The van der Waals surface area contributed by atoms with E-state index >= 15 is 0 Å². The summed E-state index contributed by atoms with van der Waals surface area (Å²) in [4.78, 5) is 41.1. The highest BCUT2D eigenvalue weighted by molar-refractivity contribution is 7.88. The summed E-state index contributed by atoms with van der Waals surface area (Å²) in [5.41, 5.74) is -1.00. The molecule has 0 bridgehead atoms. The Balaban J connectivity index is 1.78. The van der Waals surface area contributed by atoms with Crippen molar-refractivity contribution in [2.24, 2.45) is 14.1 Å². The Morgan fingerprint density at radius 2 is 1.93 bits per heavy atom. The molecule has 3 aromatic rings.